The Morgan fingerprint density at radius 2 is 1.94 bits per heavy atom. The number of rotatable bonds is 4. The van der Waals surface area contributed by atoms with Crippen LogP contribution in [0.15, 0.2) is 27.1 Å². The molecule has 1 aromatic carbocycles. The zero-order chi connectivity index (χ0) is 13.0. The second-order valence-corrected chi connectivity index (χ2v) is 6.70. The van der Waals surface area contributed by atoms with E-state index >= 15 is 0 Å². The van der Waals surface area contributed by atoms with Gasteiger partial charge in [-0.25, -0.2) is 0 Å². The van der Waals surface area contributed by atoms with Gasteiger partial charge in [0, 0.05) is 22.0 Å². The second kappa shape index (κ2) is 7.04. The molecule has 0 saturated heterocycles. The minimum atomic E-state index is -0.108. The van der Waals surface area contributed by atoms with Gasteiger partial charge in [0.15, 0.2) is 0 Å². The van der Waals surface area contributed by atoms with E-state index in [1.807, 2.05) is 0 Å². The summed E-state index contributed by atoms with van der Waals surface area (Å²) in [4.78, 5) is 0. The first-order valence-corrected chi connectivity index (χ1v) is 8.08. The lowest BCUT2D eigenvalue weighted by atomic mass is 9.86. The Hall–Kier alpha value is 0.1000. The summed E-state index contributed by atoms with van der Waals surface area (Å²) in [7, 11) is 0. The molecule has 2 N–H and O–H groups in total. The average Bonchev–Trinajstić information content (AvgIpc) is 2.36. The fraction of sp³-hybridized carbons (Fsp3) is 0.571. The summed E-state index contributed by atoms with van der Waals surface area (Å²) in [6.07, 6.45) is 4.45. The molecule has 0 radical (unpaired) electrons. The third kappa shape index (κ3) is 4.05. The molecule has 1 saturated carbocycles. The van der Waals surface area contributed by atoms with Crippen molar-refractivity contribution in [1.82, 2.24) is 5.32 Å². The van der Waals surface area contributed by atoms with Crippen LogP contribution >= 0.6 is 31.9 Å². The highest BCUT2D eigenvalue weighted by Crippen LogP contribution is 2.25. The lowest BCUT2D eigenvalue weighted by Crippen LogP contribution is -2.33. The highest BCUT2D eigenvalue weighted by Gasteiger charge is 2.22. The molecule has 2 rings (SSSR count). The Morgan fingerprint density at radius 3 is 2.67 bits per heavy atom. The third-order valence-electron chi connectivity index (χ3n) is 3.59. The van der Waals surface area contributed by atoms with Gasteiger partial charge in [-0.15, -0.1) is 0 Å². The lowest BCUT2D eigenvalue weighted by Gasteiger charge is -2.27. The van der Waals surface area contributed by atoms with Gasteiger partial charge in [0.05, 0.1) is 6.10 Å². The van der Waals surface area contributed by atoms with Crippen LogP contribution in [0.2, 0.25) is 0 Å². The summed E-state index contributed by atoms with van der Waals surface area (Å²) in [6.45, 7) is 1.77. The summed E-state index contributed by atoms with van der Waals surface area (Å²) >= 11 is 6.98. The predicted molar refractivity (Wildman–Crippen MR) is 81.5 cm³/mol. The molecule has 0 aromatic heterocycles. The normalized spacial score (nSPS) is 24.2. The monoisotopic (exact) mass is 375 g/mol. The molecule has 1 fully saturated rings. The van der Waals surface area contributed by atoms with E-state index < -0.39 is 0 Å². The SMILES string of the molecule is OC1CCCCC1CNCc1ccc(Br)c(Br)c1. The molecule has 0 spiro atoms. The Morgan fingerprint density at radius 1 is 1.17 bits per heavy atom. The summed E-state index contributed by atoms with van der Waals surface area (Å²) in [5, 5.41) is 13.3. The summed E-state index contributed by atoms with van der Waals surface area (Å²) in [5.41, 5.74) is 1.26. The molecule has 0 heterocycles. The molecule has 18 heavy (non-hydrogen) atoms. The molecule has 2 atom stereocenters. The Kier molecular flexibility index (Phi) is 5.67. The molecule has 4 heteroatoms. The van der Waals surface area contributed by atoms with E-state index in [1.54, 1.807) is 0 Å². The van der Waals surface area contributed by atoms with Crippen molar-refractivity contribution in [1.29, 1.82) is 0 Å². The molecule has 0 amide bonds. The van der Waals surface area contributed by atoms with Crippen molar-refractivity contribution in [2.24, 2.45) is 5.92 Å². The van der Waals surface area contributed by atoms with Gasteiger partial charge in [-0.2, -0.15) is 0 Å². The fourth-order valence-electron chi connectivity index (χ4n) is 2.48. The number of benzene rings is 1. The zero-order valence-corrected chi connectivity index (χ0v) is 13.5. The van der Waals surface area contributed by atoms with Gasteiger partial charge >= 0.3 is 0 Å². The number of aliphatic hydroxyl groups excluding tert-OH is 1. The maximum absolute atomic E-state index is 9.89. The maximum Gasteiger partial charge on any atom is 0.0580 e. The van der Waals surface area contributed by atoms with Crippen LogP contribution < -0.4 is 5.32 Å². The topological polar surface area (TPSA) is 32.3 Å². The van der Waals surface area contributed by atoms with Gasteiger partial charge in [0.25, 0.3) is 0 Å². The summed E-state index contributed by atoms with van der Waals surface area (Å²) in [6, 6.07) is 6.28. The number of hydrogen-bond acceptors (Lipinski definition) is 2. The van der Waals surface area contributed by atoms with Gasteiger partial charge in [0.1, 0.15) is 0 Å². The van der Waals surface area contributed by atoms with Gasteiger partial charge in [-0.05, 0) is 68.3 Å². The van der Waals surface area contributed by atoms with E-state index in [2.05, 4.69) is 55.4 Å². The smallest absolute Gasteiger partial charge is 0.0580 e. The largest absolute Gasteiger partial charge is 0.393 e. The van der Waals surface area contributed by atoms with Crippen LogP contribution in [0.5, 0.6) is 0 Å². The van der Waals surface area contributed by atoms with E-state index in [1.165, 1.54) is 18.4 Å². The zero-order valence-electron chi connectivity index (χ0n) is 10.3. The van der Waals surface area contributed by atoms with Crippen molar-refractivity contribution >= 4 is 31.9 Å². The molecule has 1 aromatic rings. The molecule has 2 unspecified atom stereocenters. The number of hydrogen-bond donors (Lipinski definition) is 2. The Labute approximate surface area is 125 Å². The highest BCUT2D eigenvalue weighted by atomic mass is 79.9. The van der Waals surface area contributed by atoms with Crippen molar-refractivity contribution < 1.29 is 5.11 Å². The minimum Gasteiger partial charge on any atom is -0.393 e. The van der Waals surface area contributed by atoms with Crippen molar-refractivity contribution in [2.45, 2.75) is 38.3 Å². The van der Waals surface area contributed by atoms with Crippen LogP contribution in [0.1, 0.15) is 31.2 Å². The van der Waals surface area contributed by atoms with E-state index in [-0.39, 0.29) is 6.10 Å². The van der Waals surface area contributed by atoms with Crippen LogP contribution in [0.3, 0.4) is 0 Å². The molecule has 0 aliphatic heterocycles. The van der Waals surface area contributed by atoms with Gasteiger partial charge in [0.2, 0.25) is 0 Å². The first-order valence-electron chi connectivity index (χ1n) is 6.49. The van der Waals surface area contributed by atoms with Crippen LogP contribution in [-0.4, -0.2) is 17.8 Å². The molecular weight excluding hydrogens is 358 g/mol. The van der Waals surface area contributed by atoms with Crippen LogP contribution in [0, 0.1) is 5.92 Å². The first kappa shape index (κ1) is 14.5. The van der Waals surface area contributed by atoms with Crippen molar-refractivity contribution in [2.75, 3.05) is 6.54 Å². The Bertz CT molecular complexity index is 397. The van der Waals surface area contributed by atoms with Crippen LogP contribution in [0.25, 0.3) is 0 Å². The molecule has 0 bridgehead atoms. The van der Waals surface area contributed by atoms with E-state index in [0.717, 1.165) is 34.9 Å². The quantitative estimate of drug-likeness (QED) is 0.836. The summed E-state index contributed by atoms with van der Waals surface area (Å²) in [5.74, 6) is 0.428. The number of halogens is 2. The van der Waals surface area contributed by atoms with Crippen LogP contribution in [-0.2, 0) is 6.54 Å². The minimum absolute atomic E-state index is 0.108. The second-order valence-electron chi connectivity index (χ2n) is 4.99. The number of nitrogens with one attached hydrogen (secondary N) is 1. The van der Waals surface area contributed by atoms with Gasteiger partial charge in [-0.1, -0.05) is 18.9 Å². The van der Waals surface area contributed by atoms with Crippen molar-refractivity contribution in [3.8, 4) is 0 Å². The van der Waals surface area contributed by atoms with Crippen molar-refractivity contribution in [3.63, 3.8) is 0 Å². The molecule has 2 nitrogen and oxygen atoms in total. The average molecular weight is 377 g/mol. The molecule has 100 valence electrons. The van der Waals surface area contributed by atoms with Gasteiger partial charge in [-0.3, -0.25) is 0 Å². The standard InChI is InChI=1S/C14H19Br2NO/c15-12-6-5-10(7-13(12)16)8-17-9-11-3-1-2-4-14(11)18/h5-7,11,14,17-18H,1-4,8-9H2. The van der Waals surface area contributed by atoms with Crippen molar-refractivity contribution in [3.05, 3.63) is 32.7 Å². The number of aliphatic hydroxyl groups is 1. The van der Waals surface area contributed by atoms with E-state index in [4.69, 9.17) is 0 Å². The lowest BCUT2D eigenvalue weighted by molar-refractivity contribution is 0.0695. The van der Waals surface area contributed by atoms with Gasteiger partial charge < -0.3 is 10.4 Å². The molecule has 1 aliphatic rings. The molecule has 1 aliphatic carbocycles. The third-order valence-corrected chi connectivity index (χ3v) is 5.47. The maximum atomic E-state index is 9.89. The first-order chi connectivity index (χ1) is 8.66. The molecular formula is C14H19Br2NO. The fourth-order valence-corrected chi connectivity index (χ4v) is 3.15. The predicted octanol–water partition coefficient (Wildman–Crippen LogP) is 3.85. The highest BCUT2D eigenvalue weighted by molar-refractivity contribution is 9.13. The van der Waals surface area contributed by atoms with Crippen LogP contribution in [0.4, 0.5) is 0 Å². The van der Waals surface area contributed by atoms with E-state index in [0.29, 0.717) is 5.92 Å². The van der Waals surface area contributed by atoms with E-state index in [9.17, 15) is 5.11 Å². The summed E-state index contributed by atoms with van der Waals surface area (Å²) < 4.78 is 2.16. The Balaban J connectivity index is 1.79.